The minimum absolute atomic E-state index is 0.176. The van der Waals surface area contributed by atoms with E-state index < -0.39 is 0 Å². The van der Waals surface area contributed by atoms with Gasteiger partial charge in [0.05, 0.1) is 8.81 Å². The molecule has 1 nitrogen and oxygen atoms in total. The summed E-state index contributed by atoms with van der Waals surface area (Å²) in [5, 5.41) is 3.44. The predicted octanol–water partition coefficient (Wildman–Crippen LogP) is 4.81. The standard InChI is InChI=1S/C13H12BrClFNS/c1-17-11(12-4-5-13(14)18-12)7-8-2-3-10(16)9(15)6-8/h2-6,11,17H,7H2,1H3. The third-order valence-electron chi connectivity index (χ3n) is 2.71. The fourth-order valence-electron chi connectivity index (χ4n) is 1.76. The van der Waals surface area contributed by atoms with Crippen LogP contribution in [0.4, 0.5) is 4.39 Å². The zero-order valence-corrected chi connectivity index (χ0v) is 12.9. The van der Waals surface area contributed by atoms with E-state index in [1.54, 1.807) is 23.5 Å². The van der Waals surface area contributed by atoms with E-state index in [4.69, 9.17) is 11.6 Å². The van der Waals surface area contributed by atoms with Crippen molar-refractivity contribution >= 4 is 38.9 Å². The van der Waals surface area contributed by atoms with Crippen LogP contribution < -0.4 is 5.32 Å². The van der Waals surface area contributed by atoms with Crippen LogP contribution in [0.1, 0.15) is 16.5 Å². The first-order valence-corrected chi connectivity index (χ1v) is 7.45. The summed E-state index contributed by atoms with van der Waals surface area (Å²) < 4.78 is 14.2. The minimum Gasteiger partial charge on any atom is -0.312 e. The van der Waals surface area contributed by atoms with Gasteiger partial charge in [-0.2, -0.15) is 0 Å². The zero-order valence-electron chi connectivity index (χ0n) is 9.71. The molecule has 18 heavy (non-hydrogen) atoms. The SMILES string of the molecule is CNC(Cc1ccc(F)c(Cl)c1)c1ccc(Br)s1. The lowest BCUT2D eigenvalue weighted by molar-refractivity contribution is 0.598. The lowest BCUT2D eigenvalue weighted by Gasteiger charge is -2.14. The summed E-state index contributed by atoms with van der Waals surface area (Å²) in [6, 6.07) is 9.19. The molecule has 0 amide bonds. The Morgan fingerprint density at radius 2 is 2.17 bits per heavy atom. The van der Waals surface area contributed by atoms with Crippen LogP contribution in [0.15, 0.2) is 34.1 Å². The van der Waals surface area contributed by atoms with Crippen LogP contribution in [0.2, 0.25) is 5.02 Å². The van der Waals surface area contributed by atoms with Crippen LogP contribution >= 0.6 is 38.9 Å². The van der Waals surface area contributed by atoms with Crippen molar-refractivity contribution in [3.63, 3.8) is 0 Å². The Hall–Kier alpha value is -0.420. The summed E-state index contributed by atoms with van der Waals surface area (Å²) in [4.78, 5) is 1.24. The van der Waals surface area contributed by atoms with Crippen LogP contribution in [0.5, 0.6) is 0 Å². The van der Waals surface area contributed by atoms with Crippen LogP contribution in [0, 0.1) is 5.82 Å². The molecule has 0 saturated heterocycles. The van der Waals surface area contributed by atoms with Crippen LogP contribution in [0.25, 0.3) is 0 Å². The van der Waals surface area contributed by atoms with Crippen molar-refractivity contribution in [3.05, 3.63) is 55.4 Å². The molecule has 0 aliphatic rings. The monoisotopic (exact) mass is 347 g/mol. The molecule has 1 N–H and O–H groups in total. The molecule has 0 aliphatic carbocycles. The number of benzene rings is 1. The molecule has 5 heteroatoms. The van der Waals surface area contributed by atoms with Crippen molar-refractivity contribution in [2.45, 2.75) is 12.5 Å². The van der Waals surface area contributed by atoms with E-state index in [1.807, 2.05) is 13.1 Å². The Balaban J connectivity index is 2.17. The molecule has 1 heterocycles. The van der Waals surface area contributed by atoms with Gasteiger partial charge in [-0.3, -0.25) is 0 Å². The van der Waals surface area contributed by atoms with Gasteiger partial charge in [0.2, 0.25) is 0 Å². The first kappa shape index (κ1) is 14.0. The van der Waals surface area contributed by atoms with Crippen LogP contribution in [0.3, 0.4) is 0 Å². The normalized spacial score (nSPS) is 12.7. The molecule has 1 aromatic heterocycles. The van der Waals surface area contributed by atoms with Crippen molar-refractivity contribution in [3.8, 4) is 0 Å². The predicted molar refractivity (Wildman–Crippen MR) is 78.9 cm³/mol. The van der Waals surface area contributed by atoms with E-state index in [1.165, 1.54) is 10.9 Å². The van der Waals surface area contributed by atoms with Crippen molar-refractivity contribution in [1.29, 1.82) is 0 Å². The van der Waals surface area contributed by atoms with Gasteiger partial charge < -0.3 is 5.32 Å². The third kappa shape index (κ3) is 3.32. The lowest BCUT2D eigenvalue weighted by Crippen LogP contribution is -2.17. The van der Waals surface area contributed by atoms with Gasteiger partial charge >= 0.3 is 0 Å². The van der Waals surface area contributed by atoms with Crippen molar-refractivity contribution in [1.82, 2.24) is 5.32 Å². The second-order valence-corrected chi connectivity index (χ2v) is 6.84. The van der Waals surface area contributed by atoms with Crippen molar-refractivity contribution in [2.75, 3.05) is 7.05 Å². The summed E-state index contributed by atoms with van der Waals surface area (Å²) in [6.07, 6.45) is 0.781. The summed E-state index contributed by atoms with van der Waals surface area (Å²) in [5.41, 5.74) is 1.02. The largest absolute Gasteiger partial charge is 0.312 e. The summed E-state index contributed by atoms with van der Waals surface area (Å²) in [6.45, 7) is 0. The van der Waals surface area contributed by atoms with E-state index in [0.717, 1.165) is 15.8 Å². The number of thiophene rings is 1. The molecule has 1 atom stereocenters. The maximum atomic E-state index is 13.1. The van der Waals surface area contributed by atoms with E-state index in [0.29, 0.717) is 0 Å². The van der Waals surface area contributed by atoms with E-state index >= 15 is 0 Å². The highest BCUT2D eigenvalue weighted by atomic mass is 79.9. The van der Waals surface area contributed by atoms with Gasteiger partial charge in [0.25, 0.3) is 0 Å². The fourth-order valence-corrected chi connectivity index (χ4v) is 3.50. The van der Waals surface area contributed by atoms with Crippen LogP contribution in [-0.2, 0) is 6.42 Å². The van der Waals surface area contributed by atoms with E-state index in [2.05, 4.69) is 27.3 Å². The molecule has 0 radical (unpaired) electrons. The molecule has 1 aromatic carbocycles. The highest BCUT2D eigenvalue weighted by Gasteiger charge is 2.13. The molecule has 0 spiro atoms. The minimum atomic E-state index is -0.375. The molecule has 0 bridgehead atoms. The summed E-state index contributed by atoms with van der Waals surface area (Å²) in [5.74, 6) is -0.375. The lowest BCUT2D eigenvalue weighted by atomic mass is 10.0. The van der Waals surface area contributed by atoms with E-state index in [-0.39, 0.29) is 16.9 Å². The zero-order chi connectivity index (χ0) is 13.1. The van der Waals surface area contributed by atoms with Gasteiger partial charge in [0.15, 0.2) is 0 Å². The Morgan fingerprint density at radius 3 is 2.72 bits per heavy atom. The smallest absolute Gasteiger partial charge is 0.141 e. The molecular weight excluding hydrogens is 337 g/mol. The number of likely N-dealkylation sites (N-methyl/N-ethyl adjacent to an activating group) is 1. The number of hydrogen-bond acceptors (Lipinski definition) is 2. The van der Waals surface area contributed by atoms with Crippen molar-refractivity contribution in [2.24, 2.45) is 0 Å². The van der Waals surface area contributed by atoms with Gasteiger partial charge in [0.1, 0.15) is 5.82 Å². The number of hydrogen-bond donors (Lipinski definition) is 1. The molecular formula is C13H12BrClFNS. The third-order valence-corrected chi connectivity index (χ3v) is 4.74. The average molecular weight is 349 g/mol. The number of halogens is 3. The molecule has 96 valence electrons. The molecule has 0 fully saturated rings. The first-order valence-electron chi connectivity index (χ1n) is 5.46. The summed E-state index contributed by atoms with van der Waals surface area (Å²) in [7, 11) is 1.92. The molecule has 2 aromatic rings. The Kier molecular flexibility index (Phi) is 4.78. The highest BCUT2D eigenvalue weighted by Crippen LogP contribution is 2.29. The van der Waals surface area contributed by atoms with Gasteiger partial charge in [0, 0.05) is 10.9 Å². The van der Waals surface area contributed by atoms with E-state index in [9.17, 15) is 4.39 Å². The number of rotatable bonds is 4. The van der Waals surface area contributed by atoms with Gasteiger partial charge in [-0.25, -0.2) is 4.39 Å². The van der Waals surface area contributed by atoms with Gasteiger partial charge in [-0.1, -0.05) is 17.7 Å². The quantitative estimate of drug-likeness (QED) is 0.836. The highest BCUT2D eigenvalue weighted by molar-refractivity contribution is 9.11. The molecule has 1 unspecified atom stereocenters. The average Bonchev–Trinajstić information content (AvgIpc) is 2.77. The maximum absolute atomic E-state index is 13.1. The maximum Gasteiger partial charge on any atom is 0.141 e. The van der Waals surface area contributed by atoms with Gasteiger partial charge in [-0.05, 0) is 59.2 Å². The second kappa shape index (κ2) is 6.15. The first-order chi connectivity index (χ1) is 8.60. The molecule has 0 saturated carbocycles. The molecule has 0 aliphatic heterocycles. The van der Waals surface area contributed by atoms with Gasteiger partial charge in [-0.15, -0.1) is 11.3 Å². The van der Waals surface area contributed by atoms with Crippen molar-refractivity contribution < 1.29 is 4.39 Å². The Bertz CT molecular complexity index is 544. The fraction of sp³-hybridized carbons (Fsp3) is 0.231. The summed E-state index contributed by atoms with van der Waals surface area (Å²) >= 11 is 10.9. The molecule has 2 rings (SSSR count). The van der Waals surface area contributed by atoms with Crippen LogP contribution in [-0.4, -0.2) is 7.05 Å². The number of nitrogens with one attached hydrogen (secondary N) is 1. The Labute approximate surface area is 123 Å². The topological polar surface area (TPSA) is 12.0 Å². The second-order valence-electron chi connectivity index (χ2n) is 3.94. The Morgan fingerprint density at radius 1 is 1.39 bits per heavy atom.